The molecule has 15 heavy (non-hydrogen) atoms. The van der Waals surface area contributed by atoms with Gasteiger partial charge in [-0.2, -0.15) is 0 Å². The fourth-order valence-electron chi connectivity index (χ4n) is 2.30. The van der Waals surface area contributed by atoms with E-state index in [1.54, 1.807) is 0 Å². The standard InChI is InChI=1S/C11H22N2O2/c12-8-10-2-4-13(9-10)5-3-11-14-6-1-7-15-11/h10-11H,1-9,12H2. The molecule has 2 rings (SSSR count). The Morgan fingerprint density at radius 1 is 1.27 bits per heavy atom. The molecule has 2 aliphatic rings. The lowest BCUT2D eigenvalue weighted by Gasteiger charge is -2.25. The van der Waals surface area contributed by atoms with Gasteiger partial charge in [-0.1, -0.05) is 0 Å². The van der Waals surface area contributed by atoms with Crippen LogP contribution >= 0.6 is 0 Å². The van der Waals surface area contributed by atoms with Gasteiger partial charge in [-0.05, 0) is 31.8 Å². The highest BCUT2D eigenvalue weighted by molar-refractivity contribution is 4.76. The van der Waals surface area contributed by atoms with Crippen LogP contribution in [0.3, 0.4) is 0 Å². The molecule has 2 heterocycles. The second-order valence-electron chi connectivity index (χ2n) is 4.50. The Labute approximate surface area is 91.7 Å². The monoisotopic (exact) mass is 214 g/mol. The molecule has 2 fully saturated rings. The van der Waals surface area contributed by atoms with Gasteiger partial charge in [0.1, 0.15) is 0 Å². The van der Waals surface area contributed by atoms with Gasteiger partial charge in [0.2, 0.25) is 0 Å². The topological polar surface area (TPSA) is 47.7 Å². The summed E-state index contributed by atoms with van der Waals surface area (Å²) in [5, 5.41) is 0. The van der Waals surface area contributed by atoms with Crippen molar-refractivity contribution in [3.05, 3.63) is 0 Å². The SMILES string of the molecule is NCC1CCN(CCC2OCCCO2)C1. The van der Waals surface area contributed by atoms with Gasteiger partial charge in [0, 0.05) is 19.5 Å². The Kier molecular flexibility index (Phi) is 4.38. The second-order valence-corrected chi connectivity index (χ2v) is 4.50. The zero-order valence-electron chi connectivity index (χ0n) is 9.36. The largest absolute Gasteiger partial charge is 0.353 e. The molecular weight excluding hydrogens is 192 g/mol. The van der Waals surface area contributed by atoms with Gasteiger partial charge in [-0.15, -0.1) is 0 Å². The Morgan fingerprint density at radius 2 is 2.07 bits per heavy atom. The van der Waals surface area contributed by atoms with E-state index in [9.17, 15) is 0 Å². The number of nitrogens with zero attached hydrogens (tertiary/aromatic N) is 1. The number of hydrogen-bond acceptors (Lipinski definition) is 4. The third kappa shape index (κ3) is 3.41. The van der Waals surface area contributed by atoms with Crippen molar-refractivity contribution in [1.82, 2.24) is 4.90 Å². The third-order valence-electron chi connectivity index (χ3n) is 3.28. The average Bonchev–Trinajstić information content (AvgIpc) is 2.76. The normalized spacial score (nSPS) is 29.8. The summed E-state index contributed by atoms with van der Waals surface area (Å²) >= 11 is 0. The summed E-state index contributed by atoms with van der Waals surface area (Å²) in [6.45, 7) is 5.97. The summed E-state index contributed by atoms with van der Waals surface area (Å²) in [5.74, 6) is 0.707. The number of rotatable bonds is 4. The van der Waals surface area contributed by atoms with Crippen LogP contribution in [0.4, 0.5) is 0 Å². The van der Waals surface area contributed by atoms with Crippen LogP contribution in [0.5, 0.6) is 0 Å². The first-order valence-corrected chi connectivity index (χ1v) is 6.04. The Morgan fingerprint density at radius 3 is 2.73 bits per heavy atom. The maximum absolute atomic E-state index is 5.66. The van der Waals surface area contributed by atoms with Crippen molar-refractivity contribution in [3.8, 4) is 0 Å². The number of likely N-dealkylation sites (tertiary alicyclic amines) is 1. The van der Waals surface area contributed by atoms with E-state index in [0.29, 0.717) is 5.92 Å². The van der Waals surface area contributed by atoms with Gasteiger partial charge in [0.05, 0.1) is 13.2 Å². The smallest absolute Gasteiger partial charge is 0.158 e. The highest BCUT2D eigenvalue weighted by atomic mass is 16.7. The molecule has 4 heteroatoms. The van der Waals surface area contributed by atoms with Crippen LogP contribution in [0.1, 0.15) is 19.3 Å². The summed E-state index contributed by atoms with van der Waals surface area (Å²) in [7, 11) is 0. The maximum Gasteiger partial charge on any atom is 0.158 e. The second kappa shape index (κ2) is 5.80. The van der Waals surface area contributed by atoms with Crippen LogP contribution in [-0.4, -0.2) is 50.6 Å². The van der Waals surface area contributed by atoms with E-state index in [1.165, 1.54) is 13.0 Å². The Bertz CT molecular complexity index is 183. The average molecular weight is 214 g/mol. The van der Waals surface area contributed by atoms with Crippen LogP contribution in [-0.2, 0) is 9.47 Å². The maximum atomic E-state index is 5.66. The van der Waals surface area contributed by atoms with Crippen molar-refractivity contribution in [2.24, 2.45) is 11.7 Å². The zero-order valence-corrected chi connectivity index (χ0v) is 9.36. The first-order valence-electron chi connectivity index (χ1n) is 6.04. The van der Waals surface area contributed by atoms with E-state index in [-0.39, 0.29) is 6.29 Å². The molecule has 1 unspecified atom stereocenters. The lowest BCUT2D eigenvalue weighted by molar-refractivity contribution is -0.182. The quantitative estimate of drug-likeness (QED) is 0.737. The van der Waals surface area contributed by atoms with Crippen LogP contribution in [0, 0.1) is 5.92 Å². The minimum Gasteiger partial charge on any atom is -0.353 e. The molecule has 0 aromatic rings. The van der Waals surface area contributed by atoms with Gasteiger partial charge in [0.15, 0.2) is 6.29 Å². The summed E-state index contributed by atoms with van der Waals surface area (Å²) in [4.78, 5) is 2.47. The summed E-state index contributed by atoms with van der Waals surface area (Å²) in [6, 6.07) is 0. The molecule has 0 aromatic heterocycles. The molecule has 0 radical (unpaired) electrons. The van der Waals surface area contributed by atoms with E-state index in [4.69, 9.17) is 15.2 Å². The number of nitrogens with two attached hydrogens (primary N) is 1. The molecule has 88 valence electrons. The fraction of sp³-hybridized carbons (Fsp3) is 1.00. The van der Waals surface area contributed by atoms with Crippen LogP contribution < -0.4 is 5.73 Å². The number of ether oxygens (including phenoxy) is 2. The molecule has 2 N–H and O–H groups in total. The van der Waals surface area contributed by atoms with Gasteiger partial charge in [-0.3, -0.25) is 0 Å². The molecule has 0 amide bonds. The van der Waals surface area contributed by atoms with E-state index >= 15 is 0 Å². The predicted octanol–water partition coefficient (Wildman–Crippen LogP) is 0.420. The number of hydrogen-bond donors (Lipinski definition) is 1. The van der Waals surface area contributed by atoms with Gasteiger partial charge < -0.3 is 20.1 Å². The first-order chi connectivity index (χ1) is 7.38. The molecule has 4 nitrogen and oxygen atoms in total. The molecule has 2 saturated heterocycles. The van der Waals surface area contributed by atoms with E-state index < -0.39 is 0 Å². The van der Waals surface area contributed by atoms with Crippen molar-refractivity contribution < 1.29 is 9.47 Å². The summed E-state index contributed by atoms with van der Waals surface area (Å²) < 4.78 is 11.0. The molecule has 0 spiro atoms. The first kappa shape index (κ1) is 11.3. The molecule has 0 bridgehead atoms. The minimum absolute atomic E-state index is 0.0377. The van der Waals surface area contributed by atoms with Crippen molar-refractivity contribution in [1.29, 1.82) is 0 Å². The molecule has 0 aliphatic carbocycles. The van der Waals surface area contributed by atoms with Crippen LogP contribution in [0.2, 0.25) is 0 Å². The lowest BCUT2D eigenvalue weighted by atomic mass is 10.1. The molecule has 0 saturated carbocycles. The van der Waals surface area contributed by atoms with Gasteiger partial charge in [0.25, 0.3) is 0 Å². The molecule has 1 atom stereocenters. The van der Waals surface area contributed by atoms with E-state index in [0.717, 1.165) is 45.7 Å². The predicted molar refractivity (Wildman–Crippen MR) is 58.5 cm³/mol. The lowest BCUT2D eigenvalue weighted by Crippen LogP contribution is -2.31. The summed E-state index contributed by atoms with van der Waals surface area (Å²) in [6.07, 6.45) is 3.32. The molecule has 0 aromatic carbocycles. The van der Waals surface area contributed by atoms with Crippen LogP contribution in [0.25, 0.3) is 0 Å². The fourth-order valence-corrected chi connectivity index (χ4v) is 2.30. The third-order valence-corrected chi connectivity index (χ3v) is 3.28. The zero-order chi connectivity index (χ0) is 10.5. The highest BCUT2D eigenvalue weighted by Crippen LogP contribution is 2.16. The summed E-state index contributed by atoms with van der Waals surface area (Å²) in [5.41, 5.74) is 5.66. The minimum atomic E-state index is 0.0377. The van der Waals surface area contributed by atoms with E-state index in [1.807, 2.05) is 0 Å². The van der Waals surface area contributed by atoms with E-state index in [2.05, 4.69) is 4.90 Å². The van der Waals surface area contributed by atoms with Crippen molar-refractivity contribution in [3.63, 3.8) is 0 Å². The van der Waals surface area contributed by atoms with Crippen molar-refractivity contribution in [2.75, 3.05) is 39.4 Å². The van der Waals surface area contributed by atoms with Gasteiger partial charge in [-0.25, -0.2) is 0 Å². The Hall–Kier alpha value is -0.160. The van der Waals surface area contributed by atoms with Crippen molar-refractivity contribution >= 4 is 0 Å². The van der Waals surface area contributed by atoms with Gasteiger partial charge >= 0.3 is 0 Å². The molecular formula is C11H22N2O2. The Balaban J connectivity index is 1.61. The van der Waals surface area contributed by atoms with Crippen molar-refractivity contribution in [2.45, 2.75) is 25.6 Å². The van der Waals surface area contributed by atoms with Crippen LogP contribution in [0.15, 0.2) is 0 Å². The highest BCUT2D eigenvalue weighted by Gasteiger charge is 2.22. The molecule has 2 aliphatic heterocycles.